The second-order valence-corrected chi connectivity index (χ2v) is 7.32. The van der Waals surface area contributed by atoms with Gasteiger partial charge in [0, 0.05) is 12.1 Å². The Bertz CT molecular complexity index is 1230. The average Bonchev–Trinajstić information content (AvgIpc) is 2.82. The van der Waals surface area contributed by atoms with Crippen molar-refractivity contribution in [3.05, 3.63) is 119 Å². The highest BCUT2D eigenvalue weighted by Crippen LogP contribution is 2.26. The van der Waals surface area contributed by atoms with Crippen LogP contribution in [0.2, 0.25) is 0 Å². The number of carboxylic acids is 1. The lowest BCUT2D eigenvalue weighted by molar-refractivity contribution is 0.0696. The minimum Gasteiger partial charge on any atom is -0.478 e. The summed E-state index contributed by atoms with van der Waals surface area (Å²) in [5.41, 5.74) is 3.00. The highest BCUT2D eigenvalue weighted by atomic mass is 16.4. The molecule has 0 aliphatic carbocycles. The molecule has 0 aliphatic heterocycles. The van der Waals surface area contributed by atoms with Crippen LogP contribution in [0.4, 0.5) is 0 Å². The number of amides is 1. The molecule has 0 aromatic heterocycles. The number of hydrogen-bond donors (Lipinski definition) is 3. The summed E-state index contributed by atoms with van der Waals surface area (Å²) in [7, 11) is 0. The van der Waals surface area contributed by atoms with E-state index >= 15 is 0 Å². The number of carbonyl (C=O) groups excluding carboxylic acids is 1. The fourth-order valence-electron chi connectivity index (χ4n) is 3.46. The Labute approximate surface area is 179 Å². The Morgan fingerprint density at radius 3 is 2.10 bits per heavy atom. The summed E-state index contributed by atoms with van der Waals surface area (Å²) < 4.78 is 0. The zero-order valence-electron chi connectivity index (χ0n) is 16.7. The number of hydrogen-bond acceptors (Lipinski definition) is 3. The number of carbonyl (C=O) groups is 2. The van der Waals surface area contributed by atoms with E-state index in [0.29, 0.717) is 23.2 Å². The molecular formula is C26H21NO4. The summed E-state index contributed by atoms with van der Waals surface area (Å²) in [4.78, 5) is 23.6. The van der Waals surface area contributed by atoms with Gasteiger partial charge in [-0.3, -0.25) is 4.79 Å². The van der Waals surface area contributed by atoms with Crippen LogP contribution in [0.25, 0.3) is 10.8 Å². The van der Waals surface area contributed by atoms with Crippen LogP contribution < -0.4 is 5.32 Å². The fourth-order valence-corrected chi connectivity index (χ4v) is 3.46. The molecule has 4 aromatic rings. The number of carboxylic acid groups (broad SMARTS) is 1. The Morgan fingerprint density at radius 1 is 0.742 bits per heavy atom. The summed E-state index contributed by atoms with van der Waals surface area (Å²) >= 11 is 0. The molecule has 5 heteroatoms. The molecular weight excluding hydrogens is 390 g/mol. The first-order valence-electron chi connectivity index (χ1n) is 9.88. The second kappa shape index (κ2) is 8.81. The molecule has 0 saturated heterocycles. The average molecular weight is 411 g/mol. The topological polar surface area (TPSA) is 86.6 Å². The van der Waals surface area contributed by atoms with Crippen LogP contribution in [0.15, 0.2) is 91.0 Å². The SMILES string of the molecule is O=C(O)c1ccc(C(O)c2ccc3ccc(C(=O)NCc4ccccc4)cc3c2)cc1. The van der Waals surface area contributed by atoms with Gasteiger partial charge in [-0.2, -0.15) is 0 Å². The van der Waals surface area contributed by atoms with Crippen molar-refractivity contribution in [3.8, 4) is 0 Å². The first kappa shape index (κ1) is 20.3. The normalized spacial score (nSPS) is 11.8. The van der Waals surface area contributed by atoms with E-state index in [1.165, 1.54) is 12.1 Å². The molecule has 4 aromatic carbocycles. The van der Waals surface area contributed by atoms with Gasteiger partial charge < -0.3 is 15.5 Å². The van der Waals surface area contributed by atoms with Gasteiger partial charge in [0.25, 0.3) is 5.91 Å². The highest BCUT2D eigenvalue weighted by Gasteiger charge is 2.13. The molecule has 0 spiro atoms. The monoisotopic (exact) mass is 411 g/mol. The predicted molar refractivity (Wildman–Crippen MR) is 119 cm³/mol. The van der Waals surface area contributed by atoms with Crippen molar-refractivity contribution in [3.63, 3.8) is 0 Å². The zero-order valence-corrected chi connectivity index (χ0v) is 16.7. The van der Waals surface area contributed by atoms with Crippen molar-refractivity contribution >= 4 is 22.6 Å². The van der Waals surface area contributed by atoms with Crippen molar-refractivity contribution in [1.82, 2.24) is 5.32 Å². The maximum Gasteiger partial charge on any atom is 0.335 e. The number of rotatable bonds is 6. The third-order valence-corrected chi connectivity index (χ3v) is 5.21. The van der Waals surface area contributed by atoms with Crippen molar-refractivity contribution in [2.24, 2.45) is 0 Å². The van der Waals surface area contributed by atoms with E-state index < -0.39 is 12.1 Å². The molecule has 31 heavy (non-hydrogen) atoms. The Kier molecular flexibility index (Phi) is 5.78. The van der Waals surface area contributed by atoms with E-state index in [1.54, 1.807) is 24.3 Å². The van der Waals surface area contributed by atoms with Crippen molar-refractivity contribution in [2.45, 2.75) is 12.6 Å². The minimum atomic E-state index is -1.01. The molecule has 0 heterocycles. The van der Waals surface area contributed by atoms with E-state index in [9.17, 15) is 14.7 Å². The smallest absolute Gasteiger partial charge is 0.335 e. The van der Waals surface area contributed by atoms with Gasteiger partial charge in [-0.1, -0.05) is 60.7 Å². The van der Waals surface area contributed by atoms with E-state index in [1.807, 2.05) is 54.6 Å². The number of nitrogens with one attached hydrogen (secondary N) is 1. The summed E-state index contributed by atoms with van der Waals surface area (Å²) in [6.45, 7) is 0.447. The van der Waals surface area contributed by atoms with Crippen LogP contribution in [0.1, 0.15) is 43.5 Å². The lowest BCUT2D eigenvalue weighted by atomic mass is 9.97. The summed E-state index contributed by atoms with van der Waals surface area (Å²) in [5.74, 6) is -1.18. The molecule has 1 atom stereocenters. The number of aliphatic hydroxyl groups excluding tert-OH is 1. The Morgan fingerprint density at radius 2 is 1.39 bits per heavy atom. The van der Waals surface area contributed by atoms with Crippen LogP contribution in [0, 0.1) is 0 Å². The van der Waals surface area contributed by atoms with Crippen LogP contribution in [0.5, 0.6) is 0 Å². The first-order valence-corrected chi connectivity index (χ1v) is 9.88. The Hall–Kier alpha value is -3.96. The van der Waals surface area contributed by atoms with Crippen molar-refractivity contribution in [2.75, 3.05) is 0 Å². The molecule has 0 fully saturated rings. The van der Waals surface area contributed by atoms with Gasteiger partial charge in [0.15, 0.2) is 0 Å². The molecule has 0 aliphatic rings. The quantitative estimate of drug-likeness (QED) is 0.434. The van der Waals surface area contributed by atoms with Gasteiger partial charge in [0.2, 0.25) is 0 Å². The first-order chi connectivity index (χ1) is 15.0. The van der Waals surface area contributed by atoms with Crippen molar-refractivity contribution < 1.29 is 19.8 Å². The standard InChI is InChI=1S/C26H21NO4/c28-24(19-8-10-20(11-9-19)26(30)31)21-12-6-18-7-13-22(15-23(18)14-21)25(29)27-16-17-4-2-1-3-5-17/h1-15,24,28H,16H2,(H,27,29)(H,30,31). The maximum atomic E-state index is 12.6. The predicted octanol–water partition coefficient (Wildman–Crippen LogP) is 4.55. The second-order valence-electron chi connectivity index (χ2n) is 7.32. The van der Waals surface area contributed by atoms with Crippen molar-refractivity contribution in [1.29, 1.82) is 0 Å². The lowest BCUT2D eigenvalue weighted by Gasteiger charge is -2.13. The molecule has 154 valence electrons. The van der Waals surface area contributed by atoms with E-state index in [4.69, 9.17) is 5.11 Å². The molecule has 0 radical (unpaired) electrons. The summed E-state index contributed by atoms with van der Waals surface area (Å²) in [5, 5.41) is 24.5. The molecule has 0 saturated carbocycles. The zero-order chi connectivity index (χ0) is 21.8. The molecule has 1 amide bonds. The lowest BCUT2D eigenvalue weighted by Crippen LogP contribution is -2.22. The minimum absolute atomic E-state index is 0.166. The van der Waals surface area contributed by atoms with E-state index in [-0.39, 0.29) is 11.5 Å². The largest absolute Gasteiger partial charge is 0.478 e. The number of aromatic carboxylic acids is 1. The fraction of sp³-hybridized carbons (Fsp3) is 0.0769. The van der Waals surface area contributed by atoms with Crippen LogP contribution >= 0.6 is 0 Å². The van der Waals surface area contributed by atoms with E-state index in [2.05, 4.69) is 5.32 Å². The van der Waals surface area contributed by atoms with Gasteiger partial charge >= 0.3 is 5.97 Å². The van der Waals surface area contributed by atoms with Crippen LogP contribution in [-0.4, -0.2) is 22.1 Å². The molecule has 4 rings (SSSR count). The maximum absolute atomic E-state index is 12.6. The molecule has 5 nitrogen and oxygen atoms in total. The number of fused-ring (bicyclic) bond motifs is 1. The molecule has 0 bridgehead atoms. The summed E-state index contributed by atoms with van der Waals surface area (Å²) in [6, 6.07) is 26.9. The third-order valence-electron chi connectivity index (χ3n) is 5.21. The number of benzene rings is 4. The number of aliphatic hydroxyl groups is 1. The highest BCUT2D eigenvalue weighted by molar-refractivity contribution is 5.98. The van der Waals surface area contributed by atoms with Gasteiger partial charge in [0.05, 0.1) is 5.56 Å². The molecule has 1 unspecified atom stereocenters. The summed E-state index contributed by atoms with van der Waals surface area (Å²) in [6.07, 6.45) is -0.900. The van der Waals surface area contributed by atoms with Gasteiger partial charge in [-0.05, 0) is 57.8 Å². The van der Waals surface area contributed by atoms with E-state index in [0.717, 1.165) is 16.3 Å². The van der Waals surface area contributed by atoms with Crippen LogP contribution in [-0.2, 0) is 6.54 Å². The van der Waals surface area contributed by atoms with Crippen LogP contribution in [0.3, 0.4) is 0 Å². The Balaban J connectivity index is 1.55. The van der Waals surface area contributed by atoms with Gasteiger partial charge in [0.1, 0.15) is 6.10 Å². The molecule has 3 N–H and O–H groups in total. The van der Waals surface area contributed by atoms with Gasteiger partial charge in [-0.15, -0.1) is 0 Å². The third kappa shape index (κ3) is 4.63. The van der Waals surface area contributed by atoms with Gasteiger partial charge in [-0.25, -0.2) is 4.79 Å².